The van der Waals surface area contributed by atoms with E-state index in [2.05, 4.69) is 58.3 Å². The van der Waals surface area contributed by atoms with E-state index in [0.717, 1.165) is 0 Å². The van der Waals surface area contributed by atoms with Crippen molar-refractivity contribution in [3.8, 4) is 0 Å². The molecular weight excluding hydrogens is 260 g/mol. The molecule has 104 valence electrons. The van der Waals surface area contributed by atoms with Crippen LogP contribution in [0.4, 0.5) is 0 Å². The third-order valence-corrected chi connectivity index (χ3v) is 9.30. The Kier molecular flexibility index (Phi) is 5.18. The Morgan fingerprint density at radius 3 is 2.28 bits per heavy atom. The second-order valence-electron chi connectivity index (χ2n) is 6.26. The van der Waals surface area contributed by atoms with Gasteiger partial charge in [0, 0.05) is 12.0 Å². The highest BCUT2D eigenvalue weighted by atomic mass is 32.1. The van der Waals surface area contributed by atoms with Gasteiger partial charge in [-0.1, -0.05) is 26.8 Å². The van der Waals surface area contributed by atoms with Gasteiger partial charge in [-0.2, -0.15) is 0 Å². The molecule has 1 rings (SSSR count). The zero-order valence-corrected chi connectivity index (χ0v) is 14.4. The zero-order valence-electron chi connectivity index (χ0n) is 12.6. The molecule has 2 atom stereocenters. The smallest absolute Gasteiger partial charge is 0.192 e. The lowest BCUT2D eigenvalue weighted by molar-refractivity contribution is 0.00513. The van der Waals surface area contributed by atoms with Crippen LogP contribution in [0.25, 0.3) is 0 Å². The Hall–Kier alpha value is -0.163. The van der Waals surface area contributed by atoms with E-state index in [1.807, 2.05) is 0 Å². The average Bonchev–Trinajstić information content (AvgIpc) is 2.69. The molecule has 0 saturated carbocycles. The first-order valence-corrected chi connectivity index (χ1v) is 10.2. The standard InChI is InChI=1S/C14H26O2SSi/c1-11(16-18(6,7)14(2,3)4)13(15-5)12-9-8-10-17-12/h8-11,13H,1-7H3. The second kappa shape index (κ2) is 5.86. The maximum absolute atomic E-state index is 6.40. The molecule has 0 aliphatic carbocycles. The average molecular weight is 287 g/mol. The summed E-state index contributed by atoms with van der Waals surface area (Å²) in [6.07, 6.45) is 0.133. The van der Waals surface area contributed by atoms with Crippen LogP contribution < -0.4 is 0 Å². The fourth-order valence-electron chi connectivity index (χ4n) is 1.70. The van der Waals surface area contributed by atoms with Crippen molar-refractivity contribution < 1.29 is 9.16 Å². The molecule has 0 fully saturated rings. The molecule has 2 unspecified atom stereocenters. The zero-order chi connectivity index (χ0) is 14.0. The normalized spacial score (nSPS) is 16.6. The molecule has 0 spiro atoms. The molecule has 0 N–H and O–H groups in total. The van der Waals surface area contributed by atoms with Gasteiger partial charge in [-0.05, 0) is 36.5 Å². The van der Waals surface area contributed by atoms with Gasteiger partial charge in [0.15, 0.2) is 8.32 Å². The maximum Gasteiger partial charge on any atom is 0.192 e. The Morgan fingerprint density at radius 2 is 1.89 bits per heavy atom. The largest absolute Gasteiger partial charge is 0.411 e. The predicted molar refractivity (Wildman–Crippen MR) is 81.8 cm³/mol. The predicted octanol–water partition coefficient (Wildman–Crippen LogP) is 4.85. The van der Waals surface area contributed by atoms with Gasteiger partial charge in [0.2, 0.25) is 0 Å². The lowest BCUT2D eigenvalue weighted by atomic mass is 10.2. The number of methoxy groups -OCH3 is 1. The topological polar surface area (TPSA) is 18.5 Å². The Balaban J connectivity index is 2.78. The summed E-state index contributed by atoms with van der Waals surface area (Å²) in [5, 5.41) is 2.31. The monoisotopic (exact) mass is 286 g/mol. The third-order valence-electron chi connectivity index (χ3n) is 3.79. The number of rotatable bonds is 5. The van der Waals surface area contributed by atoms with Crippen molar-refractivity contribution in [1.29, 1.82) is 0 Å². The SMILES string of the molecule is COC(c1cccs1)C(C)O[Si](C)(C)C(C)(C)C. The van der Waals surface area contributed by atoms with Crippen molar-refractivity contribution in [2.24, 2.45) is 0 Å². The first-order valence-electron chi connectivity index (χ1n) is 6.43. The molecule has 1 heterocycles. The molecule has 0 aromatic carbocycles. The lowest BCUT2D eigenvalue weighted by Crippen LogP contribution is -2.44. The van der Waals surface area contributed by atoms with E-state index < -0.39 is 8.32 Å². The van der Waals surface area contributed by atoms with Crippen LogP contribution in [0.3, 0.4) is 0 Å². The molecule has 0 aliphatic rings. The summed E-state index contributed by atoms with van der Waals surface area (Å²) in [5.74, 6) is 0. The van der Waals surface area contributed by atoms with Crippen LogP contribution in [0.1, 0.15) is 38.7 Å². The summed E-state index contributed by atoms with van der Waals surface area (Å²) in [6, 6.07) is 4.18. The number of hydrogen-bond donors (Lipinski definition) is 0. The Morgan fingerprint density at radius 1 is 1.28 bits per heavy atom. The van der Waals surface area contributed by atoms with E-state index in [0.29, 0.717) is 0 Å². The van der Waals surface area contributed by atoms with Crippen LogP contribution in [0.15, 0.2) is 17.5 Å². The Labute approximate surface area is 116 Å². The molecular formula is C14H26O2SSi. The van der Waals surface area contributed by atoms with Gasteiger partial charge in [0.05, 0.1) is 6.10 Å². The molecule has 2 nitrogen and oxygen atoms in total. The van der Waals surface area contributed by atoms with Crippen LogP contribution in [-0.2, 0) is 9.16 Å². The van der Waals surface area contributed by atoms with Gasteiger partial charge in [-0.15, -0.1) is 11.3 Å². The summed E-state index contributed by atoms with van der Waals surface area (Å²) < 4.78 is 12.0. The number of hydrogen-bond acceptors (Lipinski definition) is 3. The van der Waals surface area contributed by atoms with Gasteiger partial charge in [0.25, 0.3) is 0 Å². The van der Waals surface area contributed by atoms with Crippen LogP contribution in [0.2, 0.25) is 18.1 Å². The number of ether oxygens (including phenoxy) is 1. The van der Waals surface area contributed by atoms with E-state index in [1.165, 1.54) is 4.88 Å². The summed E-state index contributed by atoms with van der Waals surface area (Å²) in [5.41, 5.74) is 0. The fraction of sp³-hybridized carbons (Fsp3) is 0.714. The van der Waals surface area contributed by atoms with E-state index in [1.54, 1.807) is 18.4 Å². The summed E-state index contributed by atoms with van der Waals surface area (Å²) in [7, 11) is 0.0249. The molecule has 0 aliphatic heterocycles. The van der Waals surface area contributed by atoms with Crippen molar-refractivity contribution in [2.75, 3.05) is 7.11 Å². The summed E-state index contributed by atoms with van der Waals surface area (Å²) >= 11 is 1.73. The molecule has 0 amide bonds. The van der Waals surface area contributed by atoms with Gasteiger partial charge in [-0.3, -0.25) is 0 Å². The minimum absolute atomic E-state index is 0.0409. The highest BCUT2D eigenvalue weighted by Crippen LogP contribution is 2.39. The molecule has 0 radical (unpaired) electrons. The molecule has 0 bridgehead atoms. The van der Waals surface area contributed by atoms with E-state index in [-0.39, 0.29) is 17.2 Å². The van der Waals surface area contributed by atoms with Gasteiger partial charge < -0.3 is 9.16 Å². The minimum Gasteiger partial charge on any atom is -0.411 e. The summed E-state index contributed by atoms with van der Waals surface area (Å²) in [6.45, 7) is 13.5. The third kappa shape index (κ3) is 3.67. The van der Waals surface area contributed by atoms with Crippen molar-refractivity contribution >= 4 is 19.7 Å². The first kappa shape index (κ1) is 15.9. The molecule has 1 aromatic rings. The summed E-state index contributed by atoms with van der Waals surface area (Å²) in [4.78, 5) is 1.24. The van der Waals surface area contributed by atoms with Crippen LogP contribution in [0.5, 0.6) is 0 Å². The van der Waals surface area contributed by atoms with Gasteiger partial charge in [0.1, 0.15) is 6.10 Å². The van der Waals surface area contributed by atoms with Crippen LogP contribution in [-0.4, -0.2) is 21.5 Å². The maximum atomic E-state index is 6.40. The lowest BCUT2D eigenvalue weighted by Gasteiger charge is -2.40. The number of thiophene rings is 1. The second-order valence-corrected chi connectivity index (χ2v) is 12.0. The van der Waals surface area contributed by atoms with E-state index in [9.17, 15) is 0 Å². The van der Waals surface area contributed by atoms with E-state index >= 15 is 0 Å². The first-order chi connectivity index (χ1) is 8.19. The van der Waals surface area contributed by atoms with E-state index in [4.69, 9.17) is 9.16 Å². The Bertz CT molecular complexity index is 354. The molecule has 1 aromatic heterocycles. The highest BCUT2D eigenvalue weighted by Gasteiger charge is 2.40. The van der Waals surface area contributed by atoms with Crippen molar-refractivity contribution in [3.63, 3.8) is 0 Å². The highest BCUT2D eigenvalue weighted by molar-refractivity contribution is 7.10. The molecule has 0 saturated heterocycles. The fourth-order valence-corrected chi connectivity index (χ4v) is 4.00. The molecule has 4 heteroatoms. The van der Waals surface area contributed by atoms with Crippen molar-refractivity contribution in [1.82, 2.24) is 0 Å². The quantitative estimate of drug-likeness (QED) is 0.721. The van der Waals surface area contributed by atoms with Gasteiger partial charge >= 0.3 is 0 Å². The molecule has 18 heavy (non-hydrogen) atoms. The van der Waals surface area contributed by atoms with Crippen LogP contribution >= 0.6 is 11.3 Å². The van der Waals surface area contributed by atoms with Crippen molar-refractivity contribution in [2.45, 2.75) is 58.0 Å². The minimum atomic E-state index is -1.73. The van der Waals surface area contributed by atoms with Crippen molar-refractivity contribution in [3.05, 3.63) is 22.4 Å². The van der Waals surface area contributed by atoms with Gasteiger partial charge in [-0.25, -0.2) is 0 Å². The van der Waals surface area contributed by atoms with Crippen LogP contribution in [0, 0.1) is 0 Å².